The van der Waals surface area contributed by atoms with Crippen LogP contribution >= 0.6 is 0 Å². The normalized spacial score (nSPS) is 18.6. The monoisotopic (exact) mass is 444 g/mol. The minimum absolute atomic E-state index is 0. The Balaban J connectivity index is 0.00000900. The Morgan fingerprint density at radius 1 is 0.806 bits per heavy atom. The van der Waals surface area contributed by atoms with E-state index >= 15 is 0 Å². The zero-order valence-electron chi connectivity index (χ0n) is 20.5. The summed E-state index contributed by atoms with van der Waals surface area (Å²) < 4.78 is 0. The minimum atomic E-state index is -0.665. The molecule has 0 aliphatic heterocycles. The standard InChI is InChI=1S/C26H47NO3.Na/c1-2-3-4-5-6-7-8-9-10-11-12-13-14-15-16-17-25(28)27-22-23-18-20-24(21-19-23)26(29)30;/h9-10,23-24H,2-8,11-22H2,1H3,(H,27,28)(H,29,30);. The van der Waals surface area contributed by atoms with Gasteiger partial charge in [-0.1, -0.05) is 70.4 Å². The van der Waals surface area contributed by atoms with Gasteiger partial charge in [0.25, 0.3) is 0 Å². The second-order valence-electron chi connectivity index (χ2n) is 9.19. The third kappa shape index (κ3) is 17.9. The molecule has 0 unspecified atom stereocenters. The van der Waals surface area contributed by atoms with E-state index in [1.54, 1.807) is 0 Å². The van der Waals surface area contributed by atoms with E-state index in [9.17, 15) is 9.59 Å². The maximum absolute atomic E-state index is 12.0. The van der Waals surface area contributed by atoms with Gasteiger partial charge in [-0.25, -0.2) is 0 Å². The molecule has 0 heterocycles. The van der Waals surface area contributed by atoms with Crippen LogP contribution in [-0.4, -0.2) is 53.1 Å². The van der Waals surface area contributed by atoms with E-state index in [1.807, 2.05) is 0 Å². The number of amides is 1. The average Bonchev–Trinajstić information content (AvgIpc) is 2.75. The Kier molecular flexibility index (Phi) is 21.3. The van der Waals surface area contributed by atoms with Crippen LogP contribution in [0.2, 0.25) is 0 Å². The number of carboxylic acid groups (broad SMARTS) is 1. The van der Waals surface area contributed by atoms with Crippen molar-refractivity contribution in [3.63, 3.8) is 0 Å². The Morgan fingerprint density at radius 3 is 1.87 bits per heavy atom. The van der Waals surface area contributed by atoms with Gasteiger partial charge in [-0.2, -0.15) is 0 Å². The van der Waals surface area contributed by atoms with Crippen LogP contribution in [0.5, 0.6) is 0 Å². The molecule has 0 aromatic heterocycles. The number of unbranched alkanes of at least 4 members (excludes halogenated alkanes) is 11. The smallest absolute Gasteiger partial charge is 0.306 e. The fourth-order valence-corrected chi connectivity index (χ4v) is 4.32. The average molecular weight is 445 g/mol. The second-order valence-corrected chi connectivity index (χ2v) is 9.19. The maximum atomic E-state index is 12.0. The summed E-state index contributed by atoms with van der Waals surface area (Å²) in [4.78, 5) is 23.0. The van der Waals surface area contributed by atoms with Crippen molar-refractivity contribution < 1.29 is 14.7 Å². The van der Waals surface area contributed by atoms with Crippen molar-refractivity contribution in [2.24, 2.45) is 11.8 Å². The van der Waals surface area contributed by atoms with E-state index in [2.05, 4.69) is 24.4 Å². The van der Waals surface area contributed by atoms with Gasteiger partial charge in [-0.3, -0.25) is 9.59 Å². The molecule has 4 nitrogen and oxygen atoms in total. The Morgan fingerprint density at radius 2 is 1.32 bits per heavy atom. The molecule has 0 saturated heterocycles. The third-order valence-electron chi connectivity index (χ3n) is 6.45. The summed E-state index contributed by atoms with van der Waals surface area (Å²) in [5.41, 5.74) is 0. The van der Waals surface area contributed by atoms with Crippen LogP contribution in [0.1, 0.15) is 122 Å². The topological polar surface area (TPSA) is 66.4 Å². The number of aliphatic carboxylic acids is 1. The van der Waals surface area contributed by atoms with Gasteiger partial charge in [-0.05, 0) is 63.7 Å². The minimum Gasteiger partial charge on any atom is -0.481 e. The van der Waals surface area contributed by atoms with E-state index in [0.717, 1.165) is 45.1 Å². The van der Waals surface area contributed by atoms with Crippen LogP contribution in [0.4, 0.5) is 0 Å². The quantitative estimate of drug-likeness (QED) is 0.141. The van der Waals surface area contributed by atoms with E-state index in [0.29, 0.717) is 12.3 Å². The predicted octanol–water partition coefficient (Wildman–Crippen LogP) is 6.65. The number of allylic oxidation sites excluding steroid dienone is 2. The van der Waals surface area contributed by atoms with Crippen LogP contribution in [0.25, 0.3) is 0 Å². The fraction of sp³-hybridized carbons (Fsp3) is 0.846. The Labute approximate surface area is 213 Å². The number of carboxylic acids is 1. The Bertz CT molecular complexity index is 473. The van der Waals surface area contributed by atoms with Gasteiger partial charge in [0.15, 0.2) is 0 Å². The third-order valence-corrected chi connectivity index (χ3v) is 6.45. The van der Waals surface area contributed by atoms with Crippen molar-refractivity contribution in [2.45, 2.75) is 122 Å². The summed E-state index contributed by atoms with van der Waals surface area (Å²) in [5.74, 6) is -0.221. The van der Waals surface area contributed by atoms with Crippen molar-refractivity contribution in [3.05, 3.63) is 12.2 Å². The number of rotatable bonds is 18. The van der Waals surface area contributed by atoms with Crippen molar-refractivity contribution in [1.82, 2.24) is 5.32 Å². The molecule has 0 atom stereocenters. The van der Waals surface area contributed by atoms with E-state index < -0.39 is 5.97 Å². The van der Waals surface area contributed by atoms with Crippen molar-refractivity contribution in [2.75, 3.05) is 6.54 Å². The van der Waals surface area contributed by atoms with Gasteiger partial charge in [0.05, 0.1) is 5.92 Å². The van der Waals surface area contributed by atoms with Crippen LogP contribution in [-0.2, 0) is 9.59 Å². The molecule has 0 spiro atoms. The van der Waals surface area contributed by atoms with Crippen molar-refractivity contribution >= 4 is 41.4 Å². The summed E-state index contributed by atoms with van der Waals surface area (Å²) >= 11 is 0. The summed E-state index contributed by atoms with van der Waals surface area (Å²) in [6, 6.07) is 0. The molecule has 1 rings (SSSR count). The van der Waals surface area contributed by atoms with E-state index in [4.69, 9.17) is 5.11 Å². The molecule has 1 radical (unpaired) electrons. The molecule has 1 amide bonds. The molecule has 5 heteroatoms. The van der Waals surface area contributed by atoms with Crippen LogP contribution in [0.3, 0.4) is 0 Å². The van der Waals surface area contributed by atoms with E-state index in [1.165, 1.54) is 70.6 Å². The number of hydrogen-bond acceptors (Lipinski definition) is 2. The first-order chi connectivity index (χ1) is 14.6. The van der Waals surface area contributed by atoms with Gasteiger partial charge in [0, 0.05) is 42.5 Å². The zero-order valence-corrected chi connectivity index (χ0v) is 22.5. The molecule has 1 fully saturated rings. The van der Waals surface area contributed by atoms with E-state index in [-0.39, 0.29) is 41.4 Å². The number of carbonyl (C=O) groups excluding carboxylic acids is 1. The number of nitrogens with one attached hydrogen (secondary N) is 1. The predicted molar refractivity (Wildman–Crippen MR) is 131 cm³/mol. The summed E-state index contributed by atoms with van der Waals surface area (Å²) in [6.07, 6.45) is 25.2. The SMILES string of the molecule is CCCCCCCCC=CCCCCCCCC(=O)NCC1CCC(C(=O)O)CC1.[Na]. The van der Waals surface area contributed by atoms with Crippen LogP contribution in [0.15, 0.2) is 12.2 Å². The van der Waals surface area contributed by atoms with Gasteiger partial charge in [0.2, 0.25) is 5.91 Å². The van der Waals surface area contributed by atoms with Gasteiger partial charge in [0.1, 0.15) is 0 Å². The first kappa shape index (κ1) is 30.7. The van der Waals surface area contributed by atoms with Gasteiger partial charge >= 0.3 is 5.97 Å². The Hall–Kier alpha value is -0.320. The molecule has 0 bridgehead atoms. The number of carbonyl (C=O) groups is 2. The first-order valence-electron chi connectivity index (χ1n) is 12.8. The van der Waals surface area contributed by atoms with Crippen LogP contribution in [0, 0.1) is 11.8 Å². The first-order valence-corrected chi connectivity index (χ1v) is 12.8. The molecule has 31 heavy (non-hydrogen) atoms. The van der Waals surface area contributed by atoms with Crippen molar-refractivity contribution in [1.29, 1.82) is 0 Å². The van der Waals surface area contributed by atoms with Gasteiger partial charge < -0.3 is 10.4 Å². The molecule has 1 saturated carbocycles. The molecule has 175 valence electrons. The maximum Gasteiger partial charge on any atom is 0.306 e. The molecule has 0 aromatic carbocycles. The molecular formula is C26H47NNaO3. The second kappa shape index (κ2) is 21.5. The summed E-state index contributed by atoms with van der Waals surface area (Å²) in [7, 11) is 0. The molecular weight excluding hydrogens is 397 g/mol. The van der Waals surface area contributed by atoms with Crippen molar-refractivity contribution in [3.8, 4) is 0 Å². The molecule has 2 N–H and O–H groups in total. The fourth-order valence-electron chi connectivity index (χ4n) is 4.32. The largest absolute Gasteiger partial charge is 0.481 e. The zero-order chi connectivity index (χ0) is 21.9. The molecule has 1 aliphatic rings. The number of hydrogen-bond donors (Lipinski definition) is 2. The summed E-state index contributed by atoms with van der Waals surface area (Å²) in [5, 5.41) is 12.1. The molecule has 0 aromatic rings. The molecule has 1 aliphatic carbocycles. The summed E-state index contributed by atoms with van der Waals surface area (Å²) in [6.45, 7) is 2.98. The van der Waals surface area contributed by atoms with Crippen LogP contribution < -0.4 is 5.32 Å². The van der Waals surface area contributed by atoms with Gasteiger partial charge in [-0.15, -0.1) is 0 Å².